The van der Waals surface area contributed by atoms with Crippen molar-refractivity contribution in [3.05, 3.63) is 34.1 Å². The van der Waals surface area contributed by atoms with Crippen LogP contribution in [0.5, 0.6) is 0 Å². The van der Waals surface area contributed by atoms with Gasteiger partial charge in [-0.2, -0.15) is 11.8 Å². The Hall–Kier alpha value is -0.0600. The Bertz CT molecular complexity index is 352. The van der Waals surface area contributed by atoms with Crippen molar-refractivity contribution in [1.29, 1.82) is 0 Å². The van der Waals surface area contributed by atoms with Crippen molar-refractivity contribution in [2.45, 2.75) is 24.1 Å². The number of hydrogen-bond donors (Lipinski definition) is 1. The summed E-state index contributed by atoms with van der Waals surface area (Å²) >= 11 is 5.04. The molecule has 1 heterocycles. The topological polar surface area (TPSA) is 26.0 Å². The smallest absolute Gasteiger partial charge is 0.142 e. The summed E-state index contributed by atoms with van der Waals surface area (Å²) in [7, 11) is 0. The first-order chi connectivity index (χ1) is 7.20. The second-order valence-electron chi connectivity index (χ2n) is 3.72. The zero-order valence-corrected chi connectivity index (χ0v) is 10.7. The number of hydrogen-bond acceptors (Lipinski definition) is 2. The van der Waals surface area contributed by atoms with Crippen LogP contribution in [0.3, 0.4) is 0 Å². The fourth-order valence-electron chi connectivity index (χ4n) is 1.86. The second-order valence-corrected chi connectivity index (χ2v) is 5.92. The van der Waals surface area contributed by atoms with Crippen LogP contribution in [0.25, 0.3) is 0 Å². The Labute approximate surface area is 102 Å². The Balaban J connectivity index is 2.24. The molecule has 2 N–H and O–H groups in total. The van der Waals surface area contributed by atoms with Crippen LogP contribution in [-0.2, 0) is 0 Å². The predicted octanol–water partition coefficient (Wildman–Crippen LogP) is 3.48. The first kappa shape index (κ1) is 11.4. The molecule has 1 aromatic carbocycles. The van der Waals surface area contributed by atoms with Crippen LogP contribution >= 0.6 is 27.7 Å². The highest BCUT2D eigenvalue weighted by Crippen LogP contribution is 2.36. The molecule has 1 aliphatic heterocycles. The van der Waals surface area contributed by atoms with E-state index in [-0.39, 0.29) is 11.9 Å². The third-order valence-electron chi connectivity index (χ3n) is 2.71. The van der Waals surface area contributed by atoms with E-state index in [2.05, 4.69) is 15.9 Å². The van der Waals surface area contributed by atoms with E-state index in [4.69, 9.17) is 5.73 Å². The normalized spacial score (nSPS) is 23.0. The average molecular weight is 290 g/mol. The van der Waals surface area contributed by atoms with Crippen molar-refractivity contribution >= 4 is 27.7 Å². The lowest BCUT2D eigenvalue weighted by Crippen LogP contribution is -2.22. The van der Waals surface area contributed by atoms with Crippen LogP contribution in [0.1, 0.15) is 24.4 Å². The van der Waals surface area contributed by atoms with Crippen molar-refractivity contribution in [3.8, 4) is 0 Å². The molecule has 0 aromatic heterocycles. The van der Waals surface area contributed by atoms with Crippen LogP contribution in [0, 0.1) is 5.82 Å². The standard InChI is InChI=1S/C11H13BrFNS/c12-8-4-1-3-7(10(8)13)11(14)9-5-2-6-15-9/h1,3-4,9,11H,2,5-6,14H2. The summed E-state index contributed by atoms with van der Waals surface area (Å²) in [6, 6.07) is 5.13. The first-order valence-electron chi connectivity index (χ1n) is 5.01. The third-order valence-corrected chi connectivity index (χ3v) is 4.80. The molecule has 0 saturated carbocycles. The van der Waals surface area contributed by atoms with Gasteiger partial charge in [-0.05, 0) is 40.6 Å². The lowest BCUT2D eigenvalue weighted by atomic mass is 10.0. The molecule has 2 atom stereocenters. The Morgan fingerprint density at radius 1 is 1.53 bits per heavy atom. The van der Waals surface area contributed by atoms with E-state index in [1.807, 2.05) is 17.8 Å². The van der Waals surface area contributed by atoms with Crippen molar-refractivity contribution in [2.24, 2.45) is 5.73 Å². The van der Waals surface area contributed by atoms with Gasteiger partial charge in [0, 0.05) is 16.9 Å². The number of rotatable bonds is 2. The molecule has 2 unspecified atom stereocenters. The minimum atomic E-state index is -0.211. The molecule has 0 radical (unpaired) electrons. The van der Waals surface area contributed by atoms with Crippen LogP contribution in [-0.4, -0.2) is 11.0 Å². The van der Waals surface area contributed by atoms with Gasteiger partial charge in [0.15, 0.2) is 0 Å². The van der Waals surface area contributed by atoms with Gasteiger partial charge in [0.2, 0.25) is 0 Å². The largest absolute Gasteiger partial charge is 0.323 e. The molecule has 4 heteroatoms. The maximum absolute atomic E-state index is 13.8. The molecule has 0 aliphatic carbocycles. The molecule has 2 rings (SSSR count). The number of nitrogens with two attached hydrogens (primary N) is 1. The van der Waals surface area contributed by atoms with Gasteiger partial charge in [0.25, 0.3) is 0 Å². The molecule has 82 valence electrons. The minimum absolute atomic E-state index is 0.185. The summed E-state index contributed by atoms with van der Waals surface area (Å²) in [5.74, 6) is 0.936. The number of benzene rings is 1. The van der Waals surface area contributed by atoms with Gasteiger partial charge in [0.1, 0.15) is 5.82 Å². The van der Waals surface area contributed by atoms with Gasteiger partial charge in [-0.1, -0.05) is 12.1 Å². The summed E-state index contributed by atoms with van der Waals surface area (Å²) in [6.45, 7) is 0. The van der Waals surface area contributed by atoms with Gasteiger partial charge in [-0.25, -0.2) is 4.39 Å². The fraction of sp³-hybridized carbons (Fsp3) is 0.455. The molecular formula is C11H13BrFNS. The zero-order valence-electron chi connectivity index (χ0n) is 8.25. The van der Waals surface area contributed by atoms with Gasteiger partial charge in [0.05, 0.1) is 4.47 Å². The van der Waals surface area contributed by atoms with Crippen molar-refractivity contribution in [1.82, 2.24) is 0 Å². The third kappa shape index (κ3) is 2.37. The molecule has 1 aliphatic rings. The lowest BCUT2D eigenvalue weighted by Gasteiger charge is -2.19. The number of thioether (sulfide) groups is 1. The van der Waals surface area contributed by atoms with Crippen LogP contribution in [0.4, 0.5) is 4.39 Å². The molecule has 0 bridgehead atoms. The summed E-state index contributed by atoms with van der Waals surface area (Å²) < 4.78 is 14.3. The van der Waals surface area contributed by atoms with E-state index in [0.29, 0.717) is 15.3 Å². The summed E-state index contributed by atoms with van der Waals surface area (Å²) in [5, 5.41) is 0.369. The van der Waals surface area contributed by atoms with E-state index in [9.17, 15) is 4.39 Å². The lowest BCUT2D eigenvalue weighted by molar-refractivity contribution is 0.560. The molecule has 0 spiro atoms. The quantitative estimate of drug-likeness (QED) is 0.902. The maximum Gasteiger partial charge on any atom is 0.142 e. The van der Waals surface area contributed by atoms with E-state index >= 15 is 0 Å². The number of halogens is 2. The van der Waals surface area contributed by atoms with Crippen molar-refractivity contribution in [3.63, 3.8) is 0 Å². The van der Waals surface area contributed by atoms with E-state index in [1.54, 1.807) is 12.1 Å². The summed E-state index contributed by atoms with van der Waals surface area (Å²) in [6.07, 6.45) is 2.29. The monoisotopic (exact) mass is 289 g/mol. The maximum atomic E-state index is 13.8. The first-order valence-corrected chi connectivity index (χ1v) is 6.85. The van der Waals surface area contributed by atoms with E-state index in [1.165, 1.54) is 6.42 Å². The molecule has 1 nitrogen and oxygen atoms in total. The summed E-state index contributed by atoms with van der Waals surface area (Å²) in [5.41, 5.74) is 6.72. The highest BCUT2D eigenvalue weighted by Gasteiger charge is 2.26. The van der Waals surface area contributed by atoms with Gasteiger partial charge >= 0.3 is 0 Å². The predicted molar refractivity (Wildman–Crippen MR) is 66.5 cm³/mol. The Morgan fingerprint density at radius 3 is 3.00 bits per heavy atom. The molecule has 1 saturated heterocycles. The second kappa shape index (κ2) is 4.85. The Morgan fingerprint density at radius 2 is 2.33 bits per heavy atom. The van der Waals surface area contributed by atoms with E-state index in [0.717, 1.165) is 12.2 Å². The highest BCUT2D eigenvalue weighted by atomic mass is 79.9. The fourth-order valence-corrected chi connectivity index (χ4v) is 3.57. The molecule has 15 heavy (non-hydrogen) atoms. The molecular weight excluding hydrogens is 277 g/mol. The van der Waals surface area contributed by atoms with E-state index < -0.39 is 0 Å². The SMILES string of the molecule is NC(c1cccc(Br)c1F)C1CCCS1. The Kier molecular flexibility index (Phi) is 3.69. The molecule has 1 fully saturated rings. The zero-order chi connectivity index (χ0) is 10.8. The van der Waals surface area contributed by atoms with Crippen molar-refractivity contribution in [2.75, 3.05) is 5.75 Å². The summed E-state index contributed by atoms with van der Waals surface area (Å²) in [4.78, 5) is 0. The van der Waals surface area contributed by atoms with Crippen LogP contribution in [0.15, 0.2) is 22.7 Å². The molecule has 0 amide bonds. The average Bonchev–Trinajstić information content (AvgIpc) is 2.74. The van der Waals surface area contributed by atoms with Crippen LogP contribution < -0.4 is 5.73 Å². The minimum Gasteiger partial charge on any atom is -0.323 e. The van der Waals surface area contributed by atoms with Crippen molar-refractivity contribution < 1.29 is 4.39 Å². The van der Waals surface area contributed by atoms with Gasteiger partial charge < -0.3 is 5.73 Å². The molecule has 1 aromatic rings. The highest BCUT2D eigenvalue weighted by molar-refractivity contribution is 9.10. The van der Waals surface area contributed by atoms with Gasteiger partial charge in [-0.3, -0.25) is 0 Å². The van der Waals surface area contributed by atoms with Crippen LogP contribution in [0.2, 0.25) is 0 Å². The van der Waals surface area contributed by atoms with Gasteiger partial charge in [-0.15, -0.1) is 0 Å².